The predicted molar refractivity (Wildman–Crippen MR) is 101 cm³/mol. The number of cyclic esters (lactones) is 1. The summed E-state index contributed by atoms with van der Waals surface area (Å²) in [6, 6.07) is 9.27. The normalized spacial score (nSPS) is 26.8. The second-order valence-electron chi connectivity index (χ2n) is 9.36. The van der Waals surface area contributed by atoms with Gasteiger partial charge in [0.1, 0.15) is 17.8 Å². The number of nitrogens with zero attached hydrogens (tertiary/aromatic N) is 1. The van der Waals surface area contributed by atoms with E-state index in [2.05, 4.69) is 0 Å². The number of esters is 1. The molecule has 1 aliphatic carbocycles. The Kier molecular flexibility index (Phi) is 4.48. The number of imide groups is 1. The van der Waals surface area contributed by atoms with Crippen molar-refractivity contribution in [2.24, 2.45) is 0 Å². The van der Waals surface area contributed by atoms with Crippen molar-refractivity contribution < 1.29 is 28.6 Å². The van der Waals surface area contributed by atoms with Crippen molar-refractivity contribution in [1.82, 2.24) is 4.90 Å². The molecule has 1 heterocycles. The lowest BCUT2D eigenvalue weighted by molar-refractivity contribution is -0.165. The topological polar surface area (TPSA) is 82.1 Å². The molecule has 1 saturated carbocycles. The third-order valence-corrected chi connectivity index (χ3v) is 4.87. The summed E-state index contributed by atoms with van der Waals surface area (Å²) in [6.45, 7) is 10.3. The van der Waals surface area contributed by atoms with Crippen LogP contribution in [-0.4, -0.2) is 46.4 Å². The average Bonchev–Trinajstić information content (AvgIpc) is 3.24. The molecule has 152 valence electrons. The minimum Gasteiger partial charge on any atom is -0.458 e. The highest BCUT2D eigenvalue weighted by Gasteiger charge is 2.82. The van der Waals surface area contributed by atoms with E-state index in [1.165, 1.54) is 0 Å². The standard InChI is InChI=1S/C21H27NO6/c1-18(2,3)27-15(23)21-12-20(21,14-10-8-7-9-11-14)13-26-16(24)22(21)17(25)28-19(4,5)6/h7-11H,12-13H2,1-6H3. The van der Waals surface area contributed by atoms with E-state index < -0.39 is 40.3 Å². The van der Waals surface area contributed by atoms with E-state index in [9.17, 15) is 14.4 Å². The van der Waals surface area contributed by atoms with Gasteiger partial charge < -0.3 is 14.2 Å². The highest BCUT2D eigenvalue weighted by Crippen LogP contribution is 2.64. The van der Waals surface area contributed by atoms with Crippen LogP contribution in [-0.2, 0) is 24.4 Å². The largest absolute Gasteiger partial charge is 0.458 e. The lowest BCUT2D eigenvalue weighted by atomic mass is 9.89. The van der Waals surface area contributed by atoms with E-state index in [1.54, 1.807) is 41.5 Å². The maximum atomic E-state index is 13.3. The van der Waals surface area contributed by atoms with Gasteiger partial charge in [0.25, 0.3) is 0 Å². The minimum absolute atomic E-state index is 0.00557. The van der Waals surface area contributed by atoms with Crippen LogP contribution in [0.4, 0.5) is 9.59 Å². The Morgan fingerprint density at radius 3 is 2.11 bits per heavy atom. The first-order valence-electron chi connectivity index (χ1n) is 9.31. The van der Waals surface area contributed by atoms with Gasteiger partial charge in [-0.3, -0.25) is 0 Å². The van der Waals surface area contributed by atoms with Crippen molar-refractivity contribution in [3.8, 4) is 0 Å². The Morgan fingerprint density at radius 2 is 1.57 bits per heavy atom. The van der Waals surface area contributed by atoms with Crippen LogP contribution in [0.1, 0.15) is 53.5 Å². The quantitative estimate of drug-likeness (QED) is 0.565. The second kappa shape index (κ2) is 6.22. The van der Waals surface area contributed by atoms with Gasteiger partial charge in [0.05, 0.1) is 5.41 Å². The Labute approximate surface area is 164 Å². The molecule has 7 nitrogen and oxygen atoms in total. The van der Waals surface area contributed by atoms with Crippen LogP contribution in [0.25, 0.3) is 0 Å². The fraction of sp³-hybridized carbons (Fsp3) is 0.571. The molecule has 7 heteroatoms. The third kappa shape index (κ3) is 3.23. The van der Waals surface area contributed by atoms with Gasteiger partial charge >= 0.3 is 18.2 Å². The monoisotopic (exact) mass is 389 g/mol. The first-order chi connectivity index (χ1) is 12.8. The van der Waals surface area contributed by atoms with Gasteiger partial charge in [-0.2, -0.15) is 4.90 Å². The number of hydrogen-bond acceptors (Lipinski definition) is 6. The van der Waals surface area contributed by atoms with Crippen LogP contribution in [0.5, 0.6) is 0 Å². The number of carbonyl (C=O) groups is 3. The molecule has 0 radical (unpaired) electrons. The first kappa shape index (κ1) is 20.2. The van der Waals surface area contributed by atoms with E-state index >= 15 is 0 Å². The van der Waals surface area contributed by atoms with Crippen LogP contribution in [0.3, 0.4) is 0 Å². The van der Waals surface area contributed by atoms with E-state index in [1.807, 2.05) is 30.3 Å². The van der Waals surface area contributed by atoms with Crippen LogP contribution in [0, 0.1) is 0 Å². The number of benzene rings is 1. The summed E-state index contributed by atoms with van der Waals surface area (Å²) >= 11 is 0. The van der Waals surface area contributed by atoms with Gasteiger partial charge in [-0.1, -0.05) is 30.3 Å². The molecule has 0 aromatic heterocycles. The fourth-order valence-electron chi connectivity index (χ4n) is 3.70. The van der Waals surface area contributed by atoms with Gasteiger partial charge in [-0.25, -0.2) is 14.4 Å². The molecule has 1 aliphatic heterocycles. The van der Waals surface area contributed by atoms with Crippen molar-refractivity contribution in [2.75, 3.05) is 6.61 Å². The molecule has 1 aromatic rings. The van der Waals surface area contributed by atoms with Gasteiger partial charge in [-0.15, -0.1) is 0 Å². The molecule has 2 fully saturated rings. The SMILES string of the molecule is CC(C)(C)OC(=O)N1C(=O)OCC2(c3ccccc3)CC12C(=O)OC(C)(C)C. The van der Waals surface area contributed by atoms with Crippen LogP contribution in [0.15, 0.2) is 30.3 Å². The molecule has 0 spiro atoms. The zero-order chi connectivity index (χ0) is 21.0. The molecular weight excluding hydrogens is 362 g/mol. The van der Waals surface area contributed by atoms with Crippen molar-refractivity contribution in [1.29, 1.82) is 0 Å². The molecule has 3 rings (SSSR count). The number of fused-ring (bicyclic) bond motifs is 1. The molecule has 1 saturated heterocycles. The van der Waals surface area contributed by atoms with E-state index in [0.29, 0.717) is 0 Å². The number of rotatable bonds is 2. The highest BCUT2D eigenvalue weighted by molar-refractivity contribution is 6.02. The number of carbonyl (C=O) groups excluding carboxylic acids is 3. The molecule has 2 aliphatic rings. The van der Waals surface area contributed by atoms with Crippen molar-refractivity contribution in [3.63, 3.8) is 0 Å². The Balaban J connectivity index is 2.09. The van der Waals surface area contributed by atoms with Crippen molar-refractivity contribution in [2.45, 2.75) is 70.1 Å². The maximum absolute atomic E-state index is 13.3. The van der Waals surface area contributed by atoms with Gasteiger partial charge in [-0.05, 0) is 53.5 Å². The van der Waals surface area contributed by atoms with Crippen molar-refractivity contribution in [3.05, 3.63) is 35.9 Å². The van der Waals surface area contributed by atoms with Gasteiger partial charge in [0, 0.05) is 0 Å². The lowest BCUT2D eigenvalue weighted by Crippen LogP contribution is -2.61. The zero-order valence-electron chi connectivity index (χ0n) is 17.2. The summed E-state index contributed by atoms with van der Waals surface area (Å²) in [6.07, 6.45) is -1.59. The lowest BCUT2D eigenvalue weighted by Gasteiger charge is -2.38. The minimum atomic E-state index is -1.49. The molecule has 0 N–H and O–H groups in total. The Hall–Kier alpha value is -2.57. The molecule has 28 heavy (non-hydrogen) atoms. The molecule has 0 bridgehead atoms. The van der Waals surface area contributed by atoms with Gasteiger partial charge in [0.15, 0.2) is 5.54 Å². The van der Waals surface area contributed by atoms with Crippen LogP contribution >= 0.6 is 0 Å². The smallest absolute Gasteiger partial charge is 0.420 e. The summed E-state index contributed by atoms with van der Waals surface area (Å²) < 4.78 is 16.4. The summed E-state index contributed by atoms with van der Waals surface area (Å²) in [5.74, 6) is -0.633. The van der Waals surface area contributed by atoms with E-state index in [4.69, 9.17) is 14.2 Å². The summed E-state index contributed by atoms with van der Waals surface area (Å²) in [5, 5.41) is 0. The van der Waals surface area contributed by atoms with E-state index in [0.717, 1.165) is 10.5 Å². The summed E-state index contributed by atoms with van der Waals surface area (Å²) in [4.78, 5) is 39.6. The third-order valence-electron chi connectivity index (χ3n) is 4.87. The number of ether oxygens (including phenoxy) is 3. The van der Waals surface area contributed by atoms with Gasteiger partial charge in [0.2, 0.25) is 0 Å². The molecule has 2 atom stereocenters. The molecule has 2 amide bonds. The second-order valence-corrected chi connectivity index (χ2v) is 9.36. The Bertz CT molecular complexity index is 806. The predicted octanol–water partition coefficient (Wildman–Crippen LogP) is 3.80. The Morgan fingerprint density at radius 1 is 1.00 bits per heavy atom. The molecule has 1 aromatic carbocycles. The molecule has 2 unspecified atom stereocenters. The summed E-state index contributed by atoms with van der Waals surface area (Å²) in [7, 11) is 0. The first-order valence-corrected chi connectivity index (χ1v) is 9.31. The summed E-state index contributed by atoms with van der Waals surface area (Å²) in [5.41, 5.74) is -3.16. The zero-order valence-corrected chi connectivity index (χ0v) is 17.2. The fourth-order valence-corrected chi connectivity index (χ4v) is 3.70. The number of amides is 2. The number of hydrogen-bond donors (Lipinski definition) is 0. The highest BCUT2D eigenvalue weighted by atomic mass is 16.6. The maximum Gasteiger partial charge on any atom is 0.420 e. The molecular formula is C21H27NO6. The van der Waals surface area contributed by atoms with E-state index in [-0.39, 0.29) is 13.0 Å². The van der Waals surface area contributed by atoms with Crippen molar-refractivity contribution >= 4 is 18.2 Å². The van der Waals surface area contributed by atoms with Crippen LogP contribution < -0.4 is 0 Å². The van der Waals surface area contributed by atoms with Crippen LogP contribution in [0.2, 0.25) is 0 Å². The average molecular weight is 389 g/mol.